The number of rotatable bonds is 0. The SMILES string of the molecule is C1=CC2CCCOC2=C1. The average Bonchev–Trinajstić information content (AvgIpc) is 2.33. The zero-order chi connectivity index (χ0) is 6.10. The lowest BCUT2D eigenvalue weighted by Gasteiger charge is -2.20. The molecule has 48 valence electrons. The van der Waals surface area contributed by atoms with Crippen LogP contribution in [0.4, 0.5) is 0 Å². The molecule has 0 saturated carbocycles. The Hall–Kier alpha value is -0.720. The van der Waals surface area contributed by atoms with E-state index in [1.807, 2.05) is 0 Å². The Balaban J connectivity index is 2.16. The van der Waals surface area contributed by atoms with Gasteiger partial charge in [-0.1, -0.05) is 12.2 Å². The van der Waals surface area contributed by atoms with Gasteiger partial charge < -0.3 is 4.74 Å². The summed E-state index contributed by atoms with van der Waals surface area (Å²) in [4.78, 5) is 0. The van der Waals surface area contributed by atoms with E-state index in [9.17, 15) is 0 Å². The van der Waals surface area contributed by atoms with Crippen LogP contribution in [0.15, 0.2) is 24.0 Å². The standard InChI is InChI=1S/C8H10O/c1-3-7-4-2-6-9-8(7)5-1/h1,3,5,7H,2,4,6H2. The second kappa shape index (κ2) is 1.90. The van der Waals surface area contributed by atoms with Gasteiger partial charge in [0.05, 0.1) is 6.61 Å². The highest BCUT2D eigenvalue weighted by atomic mass is 16.5. The first kappa shape index (κ1) is 5.10. The molecule has 1 heteroatoms. The Kier molecular flexibility index (Phi) is 1.08. The molecule has 1 heterocycles. The Morgan fingerprint density at radius 1 is 1.56 bits per heavy atom. The third-order valence-electron chi connectivity index (χ3n) is 1.90. The summed E-state index contributed by atoms with van der Waals surface area (Å²) in [7, 11) is 0. The topological polar surface area (TPSA) is 9.23 Å². The van der Waals surface area contributed by atoms with Crippen LogP contribution >= 0.6 is 0 Å². The molecule has 0 aromatic carbocycles. The lowest BCUT2D eigenvalue weighted by molar-refractivity contribution is 0.146. The zero-order valence-electron chi connectivity index (χ0n) is 5.34. The molecule has 1 nitrogen and oxygen atoms in total. The van der Waals surface area contributed by atoms with Gasteiger partial charge in [0.2, 0.25) is 0 Å². The van der Waals surface area contributed by atoms with E-state index in [0.717, 1.165) is 6.61 Å². The van der Waals surface area contributed by atoms with E-state index in [4.69, 9.17) is 4.74 Å². The highest BCUT2D eigenvalue weighted by molar-refractivity contribution is 5.23. The monoisotopic (exact) mass is 122 g/mol. The summed E-state index contributed by atoms with van der Waals surface area (Å²) < 4.78 is 5.40. The number of ether oxygens (including phenoxy) is 1. The van der Waals surface area contributed by atoms with Gasteiger partial charge in [-0.15, -0.1) is 0 Å². The van der Waals surface area contributed by atoms with Crippen molar-refractivity contribution < 1.29 is 4.74 Å². The van der Waals surface area contributed by atoms with Gasteiger partial charge in [0.25, 0.3) is 0 Å². The fourth-order valence-corrected chi connectivity index (χ4v) is 1.39. The quantitative estimate of drug-likeness (QED) is 0.476. The highest BCUT2D eigenvalue weighted by Gasteiger charge is 2.19. The van der Waals surface area contributed by atoms with Crippen molar-refractivity contribution in [3.63, 3.8) is 0 Å². The van der Waals surface area contributed by atoms with Gasteiger partial charge in [-0.05, 0) is 18.9 Å². The summed E-state index contributed by atoms with van der Waals surface area (Å²) in [6.07, 6.45) is 8.87. The van der Waals surface area contributed by atoms with E-state index in [1.54, 1.807) is 0 Å². The molecule has 1 saturated heterocycles. The van der Waals surface area contributed by atoms with Crippen LogP contribution in [0, 0.1) is 5.92 Å². The number of fused-ring (bicyclic) bond motifs is 1. The molecular formula is C8H10O. The third-order valence-corrected chi connectivity index (χ3v) is 1.90. The van der Waals surface area contributed by atoms with Crippen molar-refractivity contribution >= 4 is 0 Å². The third kappa shape index (κ3) is 0.766. The first-order valence-electron chi connectivity index (χ1n) is 3.48. The van der Waals surface area contributed by atoms with Crippen molar-refractivity contribution in [2.75, 3.05) is 6.61 Å². The molecule has 0 spiro atoms. The zero-order valence-corrected chi connectivity index (χ0v) is 5.34. The van der Waals surface area contributed by atoms with E-state index in [2.05, 4.69) is 18.2 Å². The number of hydrogen-bond donors (Lipinski definition) is 0. The molecule has 0 radical (unpaired) electrons. The van der Waals surface area contributed by atoms with Gasteiger partial charge in [0, 0.05) is 5.92 Å². The Bertz CT molecular complexity index is 167. The van der Waals surface area contributed by atoms with Gasteiger partial charge in [0.15, 0.2) is 0 Å². The lowest BCUT2D eigenvalue weighted by atomic mass is 10.0. The van der Waals surface area contributed by atoms with Crippen molar-refractivity contribution in [2.24, 2.45) is 5.92 Å². The van der Waals surface area contributed by atoms with E-state index in [-0.39, 0.29) is 0 Å². The maximum Gasteiger partial charge on any atom is 0.103 e. The van der Waals surface area contributed by atoms with Crippen LogP contribution in [-0.4, -0.2) is 6.61 Å². The summed E-state index contributed by atoms with van der Waals surface area (Å²) in [5, 5.41) is 0. The molecular weight excluding hydrogens is 112 g/mol. The highest BCUT2D eigenvalue weighted by Crippen LogP contribution is 2.28. The summed E-state index contributed by atoms with van der Waals surface area (Å²) >= 11 is 0. The minimum atomic E-state index is 0.624. The van der Waals surface area contributed by atoms with Crippen LogP contribution in [-0.2, 0) is 4.74 Å². The van der Waals surface area contributed by atoms with E-state index in [0.29, 0.717) is 5.92 Å². The van der Waals surface area contributed by atoms with Crippen LogP contribution in [0.2, 0.25) is 0 Å². The van der Waals surface area contributed by atoms with E-state index >= 15 is 0 Å². The first-order valence-corrected chi connectivity index (χ1v) is 3.48. The molecule has 0 amide bonds. The molecule has 9 heavy (non-hydrogen) atoms. The molecule has 2 rings (SSSR count). The maximum absolute atomic E-state index is 5.40. The predicted octanol–water partition coefficient (Wildman–Crippen LogP) is 1.87. The van der Waals surface area contributed by atoms with Crippen molar-refractivity contribution in [3.05, 3.63) is 24.0 Å². The summed E-state index contributed by atoms with van der Waals surface area (Å²) in [6, 6.07) is 0. The van der Waals surface area contributed by atoms with E-state index in [1.165, 1.54) is 18.6 Å². The van der Waals surface area contributed by atoms with Gasteiger partial charge in [-0.25, -0.2) is 0 Å². The summed E-state index contributed by atoms with van der Waals surface area (Å²) in [5.74, 6) is 1.81. The average molecular weight is 122 g/mol. The van der Waals surface area contributed by atoms with Crippen LogP contribution in [0.25, 0.3) is 0 Å². The molecule has 2 aliphatic rings. The van der Waals surface area contributed by atoms with Crippen LogP contribution in [0.3, 0.4) is 0 Å². The largest absolute Gasteiger partial charge is 0.497 e. The van der Waals surface area contributed by atoms with Gasteiger partial charge >= 0.3 is 0 Å². The summed E-state index contributed by atoms with van der Waals surface area (Å²) in [5.41, 5.74) is 0. The second-order valence-electron chi connectivity index (χ2n) is 2.55. The molecule has 1 fully saturated rings. The van der Waals surface area contributed by atoms with Crippen molar-refractivity contribution in [1.29, 1.82) is 0 Å². The van der Waals surface area contributed by atoms with Crippen molar-refractivity contribution in [2.45, 2.75) is 12.8 Å². The predicted molar refractivity (Wildman–Crippen MR) is 35.9 cm³/mol. The molecule has 0 aromatic heterocycles. The minimum absolute atomic E-state index is 0.624. The van der Waals surface area contributed by atoms with Crippen molar-refractivity contribution in [3.8, 4) is 0 Å². The number of allylic oxidation sites excluding steroid dienone is 3. The van der Waals surface area contributed by atoms with Crippen LogP contribution in [0.5, 0.6) is 0 Å². The van der Waals surface area contributed by atoms with Gasteiger partial charge in [-0.3, -0.25) is 0 Å². The lowest BCUT2D eigenvalue weighted by Crippen LogP contribution is -2.10. The Morgan fingerprint density at radius 3 is 3.44 bits per heavy atom. The Morgan fingerprint density at radius 2 is 2.56 bits per heavy atom. The smallest absolute Gasteiger partial charge is 0.103 e. The molecule has 1 unspecified atom stereocenters. The molecule has 1 aliphatic carbocycles. The fourth-order valence-electron chi connectivity index (χ4n) is 1.39. The fraction of sp³-hybridized carbons (Fsp3) is 0.500. The minimum Gasteiger partial charge on any atom is -0.497 e. The Labute approximate surface area is 55.0 Å². The van der Waals surface area contributed by atoms with Crippen LogP contribution in [0.1, 0.15) is 12.8 Å². The van der Waals surface area contributed by atoms with Crippen molar-refractivity contribution in [1.82, 2.24) is 0 Å². The first-order chi connectivity index (χ1) is 4.47. The molecule has 0 bridgehead atoms. The van der Waals surface area contributed by atoms with Gasteiger partial charge in [-0.2, -0.15) is 0 Å². The summed E-state index contributed by atoms with van der Waals surface area (Å²) in [6.45, 7) is 0.921. The number of hydrogen-bond acceptors (Lipinski definition) is 1. The normalized spacial score (nSPS) is 31.1. The van der Waals surface area contributed by atoms with E-state index < -0.39 is 0 Å². The maximum atomic E-state index is 5.40. The van der Waals surface area contributed by atoms with Crippen LogP contribution < -0.4 is 0 Å². The second-order valence-corrected chi connectivity index (χ2v) is 2.55. The molecule has 0 N–H and O–H groups in total. The van der Waals surface area contributed by atoms with Gasteiger partial charge in [0.1, 0.15) is 5.76 Å². The molecule has 0 aromatic rings. The molecule has 1 aliphatic heterocycles. The molecule has 1 atom stereocenters.